The van der Waals surface area contributed by atoms with Gasteiger partial charge in [-0.15, -0.1) is 0 Å². The number of nitro benzene ring substituents is 1. The van der Waals surface area contributed by atoms with Gasteiger partial charge in [-0.3, -0.25) is 10.1 Å². The number of aromatic hydroxyl groups is 1. The lowest BCUT2D eigenvalue weighted by molar-refractivity contribution is -0.385. The van der Waals surface area contributed by atoms with Crippen LogP contribution < -0.4 is 11.2 Å². The molecule has 0 spiro atoms. The van der Waals surface area contributed by atoms with E-state index in [0.717, 1.165) is 12.3 Å². The zero-order chi connectivity index (χ0) is 13.0. The minimum Gasteiger partial charge on any atom is -0.502 e. The second-order valence-electron chi connectivity index (χ2n) is 2.85. The predicted molar refractivity (Wildman–Crippen MR) is 60.1 cm³/mol. The van der Waals surface area contributed by atoms with Crippen LogP contribution in [0, 0.1) is 10.1 Å². The number of hydrazone groups is 1. The maximum absolute atomic E-state index is 10.6. The summed E-state index contributed by atoms with van der Waals surface area (Å²) in [4.78, 5) is 20.1. The third-order valence-corrected chi connectivity index (χ3v) is 1.88. The van der Waals surface area contributed by atoms with Crippen molar-refractivity contribution < 1.29 is 14.8 Å². The van der Waals surface area contributed by atoms with Crippen LogP contribution in [0.4, 0.5) is 10.5 Å². The highest BCUT2D eigenvalue weighted by Gasteiger charge is 2.17. The molecule has 90 valence electrons. The van der Waals surface area contributed by atoms with Crippen molar-refractivity contribution in [3.8, 4) is 5.75 Å². The van der Waals surface area contributed by atoms with Gasteiger partial charge < -0.3 is 10.8 Å². The molecule has 17 heavy (non-hydrogen) atoms. The average Bonchev–Trinajstić information content (AvgIpc) is 2.21. The molecule has 0 fully saturated rings. The van der Waals surface area contributed by atoms with E-state index in [9.17, 15) is 20.0 Å². The quantitative estimate of drug-likeness (QED) is 0.423. The number of nitrogens with zero attached hydrogens (tertiary/aromatic N) is 2. The van der Waals surface area contributed by atoms with Gasteiger partial charge in [-0.05, 0) is 6.07 Å². The maximum atomic E-state index is 10.6. The average molecular weight is 259 g/mol. The number of nitro groups is 1. The van der Waals surface area contributed by atoms with Crippen molar-refractivity contribution in [3.63, 3.8) is 0 Å². The van der Waals surface area contributed by atoms with Crippen LogP contribution in [0.1, 0.15) is 5.56 Å². The van der Waals surface area contributed by atoms with Gasteiger partial charge in [-0.2, -0.15) is 5.10 Å². The van der Waals surface area contributed by atoms with Crippen molar-refractivity contribution in [1.29, 1.82) is 0 Å². The summed E-state index contributed by atoms with van der Waals surface area (Å²) in [5, 5.41) is 23.5. The summed E-state index contributed by atoms with van der Waals surface area (Å²) in [6.45, 7) is 0. The molecule has 0 radical (unpaired) electrons. The summed E-state index contributed by atoms with van der Waals surface area (Å²) in [5.74, 6) is -0.602. The van der Waals surface area contributed by atoms with Crippen LogP contribution in [-0.2, 0) is 0 Å². The molecule has 0 aromatic heterocycles. The summed E-state index contributed by atoms with van der Waals surface area (Å²) < 4.78 is 0. The molecular formula is C8H7ClN4O4. The first-order chi connectivity index (χ1) is 7.91. The normalized spacial score (nSPS) is 10.4. The van der Waals surface area contributed by atoms with Gasteiger partial charge in [0.25, 0.3) is 0 Å². The molecule has 0 bridgehead atoms. The number of carbonyl (C=O) groups excluding carboxylic acids is 1. The molecule has 0 saturated carbocycles. The van der Waals surface area contributed by atoms with Gasteiger partial charge in [0, 0.05) is 16.7 Å². The van der Waals surface area contributed by atoms with Gasteiger partial charge in [0.15, 0.2) is 0 Å². The number of urea groups is 1. The van der Waals surface area contributed by atoms with E-state index in [0.29, 0.717) is 0 Å². The fourth-order valence-electron chi connectivity index (χ4n) is 1.01. The van der Waals surface area contributed by atoms with E-state index in [1.807, 2.05) is 5.43 Å². The topological polar surface area (TPSA) is 131 Å². The molecule has 0 atom stereocenters. The largest absolute Gasteiger partial charge is 0.502 e. The first-order valence-corrected chi connectivity index (χ1v) is 4.55. The lowest BCUT2D eigenvalue weighted by atomic mass is 10.2. The Kier molecular flexibility index (Phi) is 3.83. The minimum absolute atomic E-state index is 0.0158. The van der Waals surface area contributed by atoms with E-state index in [2.05, 4.69) is 5.10 Å². The van der Waals surface area contributed by atoms with Crippen LogP contribution in [0.5, 0.6) is 5.75 Å². The molecule has 9 heteroatoms. The number of carbonyl (C=O) groups is 1. The van der Waals surface area contributed by atoms with E-state index in [1.165, 1.54) is 6.07 Å². The standard InChI is InChI=1S/C8H7ClN4O4/c9-5-1-4(3-11-12-8(10)15)7(14)6(2-5)13(16)17/h1-3,14H,(H3,10,12,15). The van der Waals surface area contributed by atoms with Crippen LogP contribution in [0.15, 0.2) is 17.2 Å². The second kappa shape index (κ2) is 5.12. The molecule has 0 heterocycles. The zero-order valence-corrected chi connectivity index (χ0v) is 9.01. The van der Waals surface area contributed by atoms with Crippen molar-refractivity contribution in [2.24, 2.45) is 10.8 Å². The van der Waals surface area contributed by atoms with Crippen molar-refractivity contribution in [2.75, 3.05) is 0 Å². The summed E-state index contributed by atoms with van der Waals surface area (Å²) in [6.07, 6.45) is 0.985. The predicted octanol–water partition coefficient (Wildman–Crippen LogP) is 0.956. The van der Waals surface area contributed by atoms with Crippen molar-refractivity contribution in [3.05, 3.63) is 32.8 Å². The maximum Gasteiger partial charge on any atom is 0.332 e. The summed E-state index contributed by atoms with van der Waals surface area (Å²) in [6, 6.07) is 1.34. The molecule has 1 aromatic carbocycles. The highest BCUT2D eigenvalue weighted by molar-refractivity contribution is 6.31. The molecule has 0 unspecified atom stereocenters. The smallest absolute Gasteiger partial charge is 0.332 e. The fraction of sp³-hybridized carbons (Fsp3) is 0. The van der Waals surface area contributed by atoms with Crippen LogP contribution in [0.3, 0.4) is 0 Å². The first kappa shape index (κ1) is 12.7. The Hall–Kier alpha value is -2.35. The highest BCUT2D eigenvalue weighted by Crippen LogP contribution is 2.32. The molecule has 4 N–H and O–H groups in total. The molecule has 0 aliphatic carbocycles. The highest BCUT2D eigenvalue weighted by atomic mass is 35.5. The Morgan fingerprint density at radius 1 is 1.65 bits per heavy atom. The van der Waals surface area contributed by atoms with Gasteiger partial charge in [0.1, 0.15) is 0 Å². The number of phenolic OH excluding ortho intramolecular Hbond substituents is 1. The number of hydrogen-bond acceptors (Lipinski definition) is 5. The molecule has 2 amide bonds. The monoisotopic (exact) mass is 258 g/mol. The Bertz CT molecular complexity index is 503. The van der Waals surface area contributed by atoms with Gasteiger partial charge in [-0.25, -0.2) is 10.2 Å². The Morgan fingerprint density at radius 3 is 2.82 bits per heavy atom. The number of halogens is 1. The molecule has 1 aromatic rings. The number of nitrogens with one attached hydrogen (secondary N) is 1. The van der Waals surface area contributed by atoms with E-state index in [1.54, 1.807) is 0 Å². The van der Waals surface area contributed by atoms with Gasteiger partial charge in [-0.1, -0.05) is 11.6 Å². The van der Waals surface area contributed by atoms with Gasteiger partial charge in [0.05, 0.1) is 11.1 Å². The van der Waals surface area contributed by atoms with E-state index < -0.39 is 22.4 Å². The number of rotatable bonds is 3. The van der Waals surface area contributed by atoms with E-state index in [-0.39, 0.29) is 10.6 Å². The zero-order valence-electron chi connectivity index (χ0n) is 8.25. The summed E-state index contributed by atoms with van der Waals surface area (Å²) in [7, 11) is 0. The number of nitrogens with two attached hydrogens (primary N) is 1. The number of amides is 2. The van der Waals surface area contributed by atoms with E-state index >= 15 is 0 Å². The van der Waals surface area contributed by atoms with Crippen molar-refractivity contribution >= 4 is 29.5 Å². The van der Waals surface area contributed by atoms with Crippen LogP contribution in [-0.4, -0.2) is 22.3 Å². The third-order valence-electron chi connectivity index (χ3n) is 1.66. The van der Waals surface area contributed by atoms with Crippen LogP contribution in [0.2, 0.25) is 5.02 Å². The minimum atomic E-state index is -0.905. The number of phenols is 1. The van der Waals surface area contributed by atoms with Crippen LogP contribution in [0.25, 0.3) is 0 Å². The number of benzene rings is 1. The third kappa shape index (κ3) is 3.31. The van der Waals surface area contributed by atoms with Gasteiger partial charge in [0.2, 0.25) is 5.75 Å². The van der Waals surface area contributed by atoms with Crippen LogP contribution >= 0.6 is 11.6 Å². The van der Waals surface area contributed by atoms with E-state index in [4.69, 9.17) is 17.3 Å². The summed E-state index contributed by atoms with van der Waals surface area (Å²) in [5.41, 5.74) is 6.04. The Morgan fingerprint density at radius 2 is 2.29 bits per heavy atom. The molecule has 0 saturated heterocycles. The fourth-order valence-corrected chi connectivity index (χ4v) is 1.23. The molecule has 1 rings (SSSR count). The number of primary amides is 1. The first-order valence-electron chi connectivity index (χ1n) is 4.17. The summed E-state index contributed by atoms with van der Waals surface area (Å²) >= 11 is 5.62. The molecule has 0 aliphatic rings. The molecule has 0 aliphatic heterocycles. The second-order valence-corrected chi connectivity index (χ2v) is 3.29. The molecular weight excluding hydrogens is 252 g/mol. The van der Waals surface area contributed by atoms with Gasteiger partial charge >= 0.3 is 11.7 Å². The number of hydrogen-bond donors (Lipinski definition) is 3. The Labute approximate surface area is 99.8 Å². The lowest BCUT2D eigenvalue weighted by Crippen LogP contribution is -2.24. The SMILES string of the molecule is NC(=O)NN=Cc1cc(Cl)cc([N+](=O)[O-])c1O. The van der Waals surface area contributed by atoms with Crippen molar-refractivity contribution in [2.45, 2.75) is 0 Å². The lowest BCUT2D eigenvalue weighted by Gasteiger charge is -2.01. The Balaban J connectivity index is 3.11. The van der Waals surface area contributed by atoms with Crippen molar-refractivity contribution in [1.82, 2.24) is 5.43 Å². The molecule has 8 nitrogen and oxygen atoms in total.